The summed E-state index contributed by atoms with van der Waals surface area (Å²) in [5.74, 6) is -0.157. The molecule has 4 heterocycles. The summed E-state index contributed by atoms with van der Waals surface area (Å²) in [6, 6.07) is 13.7. The van der Waals surface area contributed by atoms with Crippen LogP contribution in [0.1, 0.15) is 66.2 Å². The van der Waals surface area contributed by atoms with Gasteiger partial charge in [0, 0.05) is 61.8 Å². The number of likely N-dealkylation sites (tertiary alicyclic amines) is 2. The summed E-state index contributed by atoms with van der Waals surface area (Å²) in [7, 11) is 0. The predicted molar refractivity (Wildman–Crippen MR) is 191 cm³/mol. The van der Waals surface area contributed by atoms with E-state index in [0.29, 0.717) is 48.6 Å². The van der Waals surface area contributed by atoms with Gasteiger partial charge < -0.3 is 20.4 Å². The first-order valence-electron chi connectivity index (χ1n) is 16.6. The number of carbonyl (C=O) groups excluding carboxylic acids is 3. The first-order valence-corrected chi connectivity index (χ1v) is 17.3. The second kappa shape index (κ2) is 15.2. The number of rotatable bonds is 7. The highest BCUT2D eigenvalue weighted by atomic mass is 35.5. The van der Waals surface area contributed by atoms with Crippen molar-refractivity contribution in [1.82, 2.24) is 24.6 Å². The van der Waals surface area contributed by atoms with Crippen LogP contribution in [0.5, 0.6) is 0 Å². The fourth-order valence-corrected chi connectivity index (χ4v) is 6.70. The molecule has 0 atom stereocenters. The van der Waals surface area contributed by atoms with Gasteiger partial charge in [-0.15, -0.1) is 0 Å². The molecule has 0 spiro atoms. The predicted octanol–water partition coefficient (Wildman–Crippen LogP) is 7.20. The van der Waals surface area contributed by atoms with Crippen LogP contribution in [-0.2, 0) is 6.54 Å². The Kier molecular flexibility index (Phi) is 10.6. The number of urea groups is 1. The fourth-order valence-electron chi connectivity index (χ4n) is 6.24. The maximum absolute atomic E-state index is 13.7. The summed E-state index contributed by atoms with van der Waals surface area (Å²) in [4.78, 5) is 61.1. The summed E-state index contributed by atoms with van der Waals surface area (Å²) in [6.07, 6.45) is 8.74. The third-order valence-electron chi connectivity index (χ3n) is 8.82. The minimum Gasteiger partial charge on any atom is -0.339 e. The number of amides is 4. The van der Waals surface area contributed by atoms with Crippen molar-refractivity contribution in [3.05, 3.63) is 92.5 Å². The second-order valence-corrected chi connectivity index (χ2v) is 13.0. The molecule has 0 aliphatic carbocycles. The van der Waals surface area contributed by atoms with E-state index in [0.717, 1.165) is 49.7 Å². The lowest BCUT2D eigenvalue weighted by atomic mass is 9.96. The lowest BCUT2D eigenvalue weighted by Gasteiger charge is -2.28. The van der Waals surface area contributed by atoms with E-state index in [2.05, 4.69) is 20.7 Å². The number of benzene rings is 2. The molecule has 11 nitrogen and oxygen atoms in total. The Bertz CT molecular complexity index is 1880. The summed E-state index contributed by atoms with van der Waals surface area (Å²) < 4.78 is 1.26. The molecular formula is C36H37Cl2N7O4. The highest BCUT2D eigenvalue weighted by molar-refractivity contribution is 6.39. The average molecular weight is 703 g/mol. The van der Waals surface area contributed by atoms with Crippen molar-refractivity contribution in [3.63, 3.8) is 0 Å². The fraction of sp³-hybridized carbons (Fsp3) is 0.333. The van der Waals surface area contributed by atoms with Crippen LogP contribution >= 0.6 is 23.2 Å². The Morgan fingerprint density at radius 1 is 0.735 bits per heavy atom. The van der Waals surface area contributed by atoms with E-state index in [1.54, 1.807) is 13.0 Å². The summed E-state index contributed by atoms with van der Waals surface area (Å²) in [5.41, 5.74) is 3.22. The number of carbonyl (C=O) groups is 3. The number of halogens is 2. The molecule has 2 aromatic carbocycles. The molecule has 4 amide bonds. The molecular weight excluding hydrogens is 665 g/mol. The Hall–Kier alpha value is -4.74. The molecule has 2 saturated heterocycles. The zero-order valence-corrected chi connectivity index (χ0v) is 28.7. The van der Waals surface area contributed by atoms with Gasteiger partial charge in [0.05, 0.1) is 21.4 Å². The average Bonchev–Trinajstić information content (AvgIpc) is 3.14. The van der Waals surface area contributed by atoms with Crippen LogP contribution in [0.4, 0.5) is 16.2 Å². The number of anilines is 2. The lowest BCUT2D eigenvalue weighted by Crippen LogP contribution is -2.37. The number of aromatic nitrogens is 3. The van der Waals surface area contributed by atoms with E-state index in [1.165, 1.54) is 23.1 Å². The third-order valence-corrected chi connectivity index (χ3v) is 9.39. The largest absolute Gasteiger partial charge is 0.339 e. The highest BCUT2D eigenvalue weighted by Gasteiger charge is 2.24. The topological polar surface area (TPSA) is 130 Å². The van der Waals surface area contributed by atoms with Gasteiger partial charge in [-0.25, -0.2) is 9.48 Å². The molecule has 0 bridgehead atoms. The molecule has 49 heavy (non-hydrogen) atoms. The maximum Gasteiger partial charge on any atom is 0.323 e. The van der Waals surface area contributed by atoms with E-state index in [9.17, 15) is 19.2 Å². The Morgan fingerprint density at radius 2 is 1.31 bits per heavy atom. The van der Waals surface area contributed by atoms with E-state index in [1.807, 2.05) is 46.2 Å². The minimum absolute atomic E-state index is 0.000376. The van der Waals surface area contributed by atoms with Gasteiger partial charge in [-0.1, -0.05) is 41.4 Å². The standard InChI is InChI=1S/C36H37Cl2N7O4/c1-2-45-35(48)31(40-36(49)41-32-28(37)21-39-22-29(32)38)20-30(42-45)24-11-9-10-23(16-24)25-17-26(33(46)43-12-5-3-6-13-43)19-27(18-25)34(47)44-14-7-4-8-15-44/h9-11,16-22H,2-8,12-15H2,1H3,(H2,39,40,41,49). The smallest absolute Gasteiger partial charge is 0.323 e. The second-order valence-electron chi connectivity index (χ2n) is 12.2. The third kappa shape index (κ3) is 7.79. The number of nitrogens with zero attached hydrogens (tertiary/aromatic N) is 5. The number of nitrogens with one attached hydrogen (secondary N) is 2. The van der Waals surface area contributed by atoms with E-state index in [4.69, 9.17) is 23.2 Å². The Labute approximate surface area is 294 Å². The summed E-state index contributed by atoms with van der Waals surface area (Å²) >= 11 is 12.3. The molecule has 6 rings (SSSR count). The minimum atomic E-state index is -0.721. The Balaban J connectivity index is 1.35. The number of hydrogen-bond donors (Lipinski definition) is 2. The zero-order chi connectivity index (χ0) is 34.5. The van der Waals surface area contributed by atoms with Gasteiger partial charge in [-0.05, 0) is 86.9 Å². The molecule has 254 valence electrons. The Morgan fingerprint density at radius 3 is 1.88 bits per heavy atom. The molecule has 2 aliphatic rings. The van der Waals surface area contributed by atoms with Crippen molar-refractivity contribution in [1.29, 1.82) is 0 Å². The van der Waals surface area contributed by atoms with Crippen molar-refractivity contribution in [2.45, 2.75) is 52.0 Å². The van der Waals surface area contributed by atoms with Gasteiger partial charge >= 0.3 is 6.03 Å². The molecule has 0 radical (unpaired) electrons. The van der Waals surface area contributed by atoms with Gasteiger partial charge in [0.1, 0.15) is 5.69 Å². The van der Waals surface area contributed by atoms with Crippen LogP contribution in [0.3, 0.4) is 0 Å². The van der Waals surface area contributed by atoms with Crippen LogP contribution in [0, 0.1) is 0 Å². The molecule has 2 aromatic heterocycles. The van der Waals surface area contributed by atoms with Crippen LogP contribution in [0.2, 0.25) is 10.0 Å². The van der Waals surface area contributed by atoms with Crippen molar-refractivity contribution >= 4 is 52.4 Å². The molecule has 2 fully saturated rings. The van der Waals surface area contributed by atoms with Crippen molar-refractivity contribution < 1.29 is 14.4 Å². The first-order chi connectivity index (χ1) is 23.7. The van der Waals surface area contributed by atoms with E-state index >= 15 is 0 Å². The van der Waals surface area contributed by atoms with Gasteiger partial charge in [-0.2, -0.15) is 5.10 Å². The molecule has 2 N–H and O–H groups in total. The quantitative estimate of drug-likeness (QED) is 0.210. The lowest BCUT2D eigenvalue weighted by molar-refractivity contribution is 0.0722. The molecule has 0 unspecified atom stereocenters. The maximum atomic E-state index is 13.7. The van der Waals surface area contributed by atoms with E-state index in [-0.39, 0.29) is 39.8 Å². The van der Waals surface area contributed by atoms with Gasteiger partial charge in [0.2, 0.25) is 0 Å². The number of aryl methyl sites for hydroxylation is 1. The normalized spacial score (nSPS) is 14.8. The monoisotopic (exact) mass is 701 g/mol. The van der Waals surface area contributed by atoms with Crippen molar-refractivity contribution in [3.8, 4) is 22.4 Å². The molecule has 4 aromatic rings. The van der Waals surface area contributed by atoms with Gasteiger partial charge in [0.15, 0.2) is 0 Å². The van der Waals surface area contributed by atoms with Crippen LogP contribution in [-0.4, -0.2) is 68.6 Å². The number of piperidine rings is 2. The van der Waals surface area contributed by atoms with Crippen LogP contribution in [0.25, 0.3) is 22.4 Å². The number of hydrogen-bond acceptors (Lipinski definition) is 6. The van der Waals surface area contributed by atoms with Crippen LogP contribution < -0.4 is 16.2 Å². The summed E-state index contributed by atoms with van der Waals surface area (Å²) in [5, 5.41) is 10.0. The van der Waals surface area contributed by atoms with Crippen molar-refractivity contribution in [2.24, 2.45) is 0 Å². The number of pyridine rings is 1. The SMILES string of the molecule is CCn1nc(-c2cccc(-c3cc(C(=O)N4CCCCC4)cc(C(=O)N4CCCCC4)c3)c2)cc(NC(=O)Nc2c(Cl)cncc2Cl)c1=O. The van der Waals surface area contributed by atoms with Crippen LogP contribution in [0.15, 0.2) is 65.7 Å². The summed E-state index contributed by atoms with van der Waals surface area (Å²) in [6.45, 7) is 4.83. The van der Waals surface area contributed by atoms with Gasteiger partial charge in [0.25, 0.3) is 17.4 Å². The molecule has 2 aliphatic heterocycles. The molecule has 0 saturated carbocycles. The first kappa shape index (κ1) is 34.1. The highest BCUT2D eigenvalue weighted by Crippen LogP contribution is 2.31. The zero-order valence-electron chi connectivity index (χ0n) is 27.2. The van der Waals surface area contributed by atoms with Crippen molar-refractivity contribution in [2.75, 3.05) is 36.8 Å². The molecule has 13 heteroatoms. The van der Waals surface area contributed by atoms with Gasteiger partial charge in [-0.3, -0.25) is 19.4 Å². The van der Waals surface area contributed by atoms with E-state index < -0.39 is 11.6 Å².